The van der Waals surface area contributed by atoms with Gasteiger partial charge < -0.3 is 14.9 Å². The molecule has 1 saturated carbocycles. The van der Waals surface area contributed by atoms with Gasteiger partial charge in [-0.25, -0.2) is 26.9 Å². The molecule has 2 aliphatic heterocycles. The number of aromatic hydroxyl groups is 1. The van der Waals surface area contributed by atoms with E-state index in [4.69, 9.17) is 33.0 Å². The third-order valence-electron chi connectivity index (χ3n) is 9.46. The summed E-state index contributed by atoms with van der Waals surface area (Å²) >= 11 is 17.3. The molecule has 2 aromatic carbocycles. The van der Waals surface area contributed by atoms with E-state index in [0.29, 0.717) is 0 Å². The van der Waals surface area contributed by atoms with Crippen LogP contribution in [0.5, 0.6) is 11.5 Å². The molecule has 254 valence electrons. The van der Waals surface area contributed by atoms with Crippen LogP contribution in [0, 0.1) is 46.8 Å². The Hall–Kier alpha value is -3.76. The van der Waals surface area contributed by atoms with Gasteiger partial charge in [-0.3, -0.25) is 28.9 Å². The van der Waals surface area contributed by atoms with Crippen LogP contribution in [0.4, 0.5) is 27.6 Å². The largest absolute Gasteiger partial charge is 0.504 e. The van der Waals surface area contributed by atoms with Crippen LogP contribution < -0.4 is 9.64 Å². The Labute approximate surface area is 285 Å². The normalized spacial score (nSPS) is 29.6. The van der Waals surface area contributed by atoms with Crippen LogP contribution in [-0.2, 0) is 24.0 Å². The molecule has 4 aliphatic rings. The van der Waals surface area contributed by atoms with Crippen molar-refractivity contribution in [2.24, 2.45) is 17.8 Å². The van der Waals surface area contributed by atoms with Gasteiger partial charge in [0.15, 0.2) is 44.5 Å². The van der Waals surface area contributed by atoms with E-state index in [1.54, 1.807) is 0 Å². The molecule has 48 heavy (non-hydrogen) atoms. The number of carboxylic acids is 1. The molecular formula is C30H20BrCl2F5N2O8. The number of hydrogen-bond donors (Lipinski definition) is 2. The zero-order valence-electron chi connectivity index (χ0n) is 24.1. The van der Waals surface area contributed by atoms with Crippen molar-refractivity contribution in [3.05, 3.63) is 62.9 Å². The molecule has 0 spiro atoms. The molecule has 18 heteroatoms. The number of methoxy groups -OCH3 is 1. The first-order chi connectivity index (χ1) is 22.4. The minimum absolute atomic E-state index is 0.0969. The Morgan fingerprint density at radius 2 is 1.58 bits per heavy atom. The number of phenols is 1. The van der Waals surface area contributed by atoms with E-state index in [1.165, 1.54) is 25.3 Å². The summed E-state index contributed by atoms with van der Waals surface area (Å²) in [4.78, 5) is 61.5. The molecule has 10 nitrogen and oxygen atoms in total. The van der Waals surface area contributed by atoms with Gasteiger partial charge in [0, 0.05) is 22.5 Å². The van der Waals surface area contributed by atoms with Crippen molar-refractivity contribution in [1.29, 1.82) is 0 Å². The molecule has 2 aliphatic carbocycles. The van der Waals surface area contributed by atoms with Gasteiger partial charge in [-0.15, -0.1) is 23.2 Å². The van der Waals surface area contributed by atoms with Crippen LogP contribution in [0.15, 0.2) is 28.3 Å². The molecule has 2 N–H and O–H groups in total. The summed E-state index contributed by atoms with van der Waals surface area (Å²) in [5.74, 6) is -24.9. The van der Waals surface area contributed by atoms with Gasteiger partial charge in [-0.1, -0.05) is 27.6 Å². The molecule has 2 heterocycles. The van der Waals surface area contributed by atoms with E-state index >= 15 is 8.78 Å². The fourth-order valence-corrected chi connectivity index (χ4v) is 8.76. The number of fused-ring (bicyclic) bond motifs is 4. The van der Waals surface area contributed by atoms with Crippen LogP contribution in [0.1, 0.15) is 30.7 Å². The number of nitrogens with zero attached hydrogens (tertiary/aromatic N) is 2. The summed E-state index contributed by atoms with van der Waals surface area (Å²) in [5, 5.41) is 20.5. The molecular weight excluding hydrogens is 762 g/mol. The maximum Gasteiger partial charge on any atom is 0.305 e. The quantitative estimate of drug-likeness (QED) is 0.105. The number of anilines is 1. The van der Waals surface area contributed by atoms with E-state index in [0.717, 1.165) is 4.90 Å². The number of benzene rings is 2. The third kappa shape index (κ3) is 4.37. The number of halogens is 8. The molecule has 0 bridgehead atoms. The molecule has 6 rings (SSSR count). The maximum atomic E-state index is 15.1. The van der Waals surface area contributed by atoms with Crippen molar-refractivity contribution in [3.8, 4) is 11.5 Å². The first kappa shape index (κ1) is 34.1. The zero-order chi connectivity index (χ0) is 35.4. The van der Waals surface area contributed by atoms with E-state index in [9.17, 15) is 42.3 Å². The molecule has 2 aromatic rings. The fourth-order valence-electron chi connectivity index (χ4n) is 7.38. The van der Waals surface area contributed by atoms with Crippen LogP contribution in [0.2, 0.25) is 0 Å². The lowest BCUT2D eigenvalue weighted by Crippen LogP contribution is -2.60. The molecule has 6 atom stereocenters. The summed E-state index contributed by atoms with van der Waals surface area (Å²) in [6.07, 6.45) is -0.0482. The topological polar surface area (TPSA) is 142 Å². The summed E-state index contributed by atoms with van der Waals surface area (Å²) < 4.78 is 78.4. The number of carbonyl (C=O) groups is 5. The Balaban J connectivity index is 1.60. The number of imide groups is 2. The van der Waals surface area contributed by atoms with Gasteiger partial charge in [0.2, 0.25) is 17.6 Å². The van der Waals surface area contributed by atoms with Crippen LogP contribution in [0.25, 0.3) is 0 Å². The van der Waals surface area contributed by atoms with E-state index < -0.39 is 123 Å². The lowest BCUT2D eigenvalue weighted by molar-refractivity contribution is -0.142. The van der Waals surface area contributed by atoms with Crippen molar-refractivity contribution in [3.63, 3.8) is 0 Å². The number of carbonyl (C=O) groups excluding carboxylic acids is 4. The maximum absolute atomic E-state index is 15.1. The lowest BCUT2D eigenvalue weighted by Gasteiger charge is -2.50. The van der Waals surface area contributed by atoms with Gasteiger partial charge in [0.05, 0.1) is 25.4 Å². The number of rotatable bonds is 6. The van der Waals surface area contributed by atoms with Gasteiger partial charge in [-0.2, -0.15) is 0 Å². The summed E-state index contributed by atoms with van der Waals surface area (Å²) in [7, 11) is 1.19. The molecule has 0 radical (unpaired) electrons. The number of phenolic OH excluding ortho intramolecular Hbond substituents is 1. The van der Waals surface area contributed by atoms with Crippen LogP contribution in [0.3, 0.4) is 0 Å². The number of amides is 4. The minimum atomic E-state index is -2.85. The van der Waals surface area contributed by atoms with E-state index in [-0.39, 0.29) is 32.7 Å². The van der Waals surface area contributed by atoms with Crippen molar-refractivity contribution in [1.82, 2.24) is 4.90 Å². The fraction of sp³-hybridized carbons (Fsp3) is 0.367. The highest BCUT2D eigenvalue weighted by molar-refractivity contribution is 9.10. The number of ether oxygens (including phenoxy) is 1. The zero-order valence-corrected chi connectivity index (χ0v) is 27.2. The third-order valence-corrected chi connectivity index (χ3v) is 11.3. The number of aliphatic carboxylic acids is 1. The number of hydrogen-bond acceptors (Lipinski definition) is 7. The number of allylic oxidation sites excluding steroid dienone is 2. The average Bonchev–Trinajstić information content (AvgIpc) is 3.37. The van der Waals surface area contributed by atoms with Gasteiger partial charge >= 0.3 is 5.97 Å². The first-order valence-corrected chi connectivity index (χ1v) is 15.6. The van der Waals surface area contributed by atoms with Gasteiger partial charge in [0.1, 0.15) is 5.69 Å². The smallest absolute Gasteiger partial charge is 0.305 e. The minimum Gasteiger partial charge on any atom is -0.504 e. The molecule has 0 unspecified atom stereocenters. The van der Waals surface area contributed by atoms with Crippen molar-refractivity contribution in [2.75, 3.05) is 18.6 Å². The van der Waals surface area contributed by atoms with Crippen molar-refractivity contribution < 1.29 is 60.9 Å². The molecule has 0 aromatic heterocycles. The SMILES string of the molecule is COc1cc(Br)cc([C@H]2C3=CC[C@@H]4C(=O)N(CCC(=O)O)C(=O)[C@@H]4[C@@H]3C[C@@]3(Cl)C(=O)N(c4c(F)c(F)c(F)c(F)c4F)C(=O)[C@@]23Cl)c1O. The highest BCUT2D eigenvalue weighted by Gasteiger charge is 2.77. The molecule has 3 fully saturated rings. The highest BCUT2D eigenvalue weighted by Crippen LogP contribution is 2.67. The van der Waals surface area contributed by atoms with Crippen molar-refractivity contribution in [2.45, 2.75) is 34.9 Å². The van der Waals surface area contributed by atoms with Gasteiger partial charge in [0.25, 0.3) is 11.8 Å². The standard InChI is InChI=1S/C30H20BrCl2F5N2O8/c1-48-14-7-9(31)6-12(24(14)43)17-10-2-3-11-16(26(45)39(25(11)44)5-4-15(41)42)13(10)8-29(32)27(46)40(28(47)30(17,29)33)23-21(37)19(35)18(34)20(36)22(23)38/h2,6-7,11,13,16-17,43H,3-5,8H2,1H3,(H,41,42)/t11-,13+,16-,17+,29+,30-/m0/s1. The Kier molecular flexibility index (Phi) is 8.11. The van der Waals surface area contributed by atoms with Crippen LogP contribution in [-0.4, -0.2) is 68.1 Å². The lowest BCUT2D eigenvalue weighted by atomic mass is 9.56. The second-order valence-electron chi connectivity index (χ2n) is 11.7. The highest BCUT2D eigenvalue weighted by atomic mass is 79.9. The van der Waals surface area contributed by atoms with Crippen LogP contribution >= 0.6 is 39.1 Å². The Bertz CT molecular complexity index is 1890. The Morgan fingerprint density at radius 3 is 2.17 bits per heavy atom. The number of carboxylic acid groups (broad SMARTS) is 1. The summed E-state index contributed by atoms with van der Waals surface area (Å²) in [5.41, 5.74) is -2.08. The number of alkyl halides is 2. The predicted molar refractivity (Wildman–Crippen MR) is 158 cm³/mol. The molecule has 2 saturated heterocycles. The second kappa shape index (κ2) is 11.4. The second-order valence-corrected chi connectivity index (χ2v) is 13.9. The average molecular weight is 782 g/mol. The molecule has 4 amide bonds. The first-order valence-electron chi connectivity index (χ1n) is 14.1. The van der Waals surface area contributed by atoms with Crippen molar-refractivity contribution >= 4 is 74.4 Å². The van der Waals surface area contributed by atoms with E-state index in [1.807, 2.05) is 0 Å². The predicted octanol–water partition coefficient (Wildman–Crippen LogP) is 4.90. The van der Waals surface area contributed by atoms with Gasteiger partial charge in [-0.05, 0) is 30.9 Å². The number of likely N-dealkylation sites (tertiary alicyclic amines) is 1. The summed E-state index contributed by atoms with van der Waals surface area (Å²) in [6.45, 7) is -0.480. The van der Waals surface area contributed by atoms with E-state index in [2.05, 4.69) is 15.9 Å². The monoisotopic (exact) mass is 780 g/mol. The Morgan fingerprint density at radius 1 is 0.979 bits per heavy atom. The summed E-state index contributed by atoms with van der Waals surface area (Å²) in [6, 6.07) is 2.58.